The van der Waals surface area contributed by atoms with Gasteiger partial charge >= 0.3 is 0 Å². The van der Waals surface area contributed by atoms with Gasteiger partial charge in [0.2, 0.25) is 0 Å². The number of aromatic nitrogens is 2. The Morgan fingerprint density at radius 2 is 2.05 bits per heavy atom. The number of sulfone groups is 1. The van der Waals surface area contributed by atoms with Crippen LogP contribution in [0.25, 0.3) is 21.6 Å². The minimum Gasteiger partial charge on any atom is -0.380 e. The van der Waals surface area contributed by atoms with E-state index in [9.17, 15) is 16.8 Å². The predicted octanol–water partition coefficient (Wildman–Crippen LogP) is 4.20. The van der Waals surface area contributed by atoms with Gasteiger partial charge in [0.15, 0.2) is 9.84 Å². The zero-order chi connectivity index (χ0) is 26.9. The summed E-state index contributed by atoms with van der Waals surface area (Å²) in [4.78, 5) is 11.2. The van der Waals surface area contributed by atoms with Crippen molar-refractivity contribution in [3.8, 4) is 10.7 Å². The SMILES string of the molecule is CCOCCN(c1cccc2cc(-c3ncc(CN4CCC(S(C)(=O)=O)C4)s3)[nH]c12)S(=O)(=O)c1cccs1. The fourth-order valence-electron chi connectivity index (χ4n) is 4.66. The van der Waals surface area contributed by atoms with E-state index in [-0.39, 0.29) is 22.6 Å². The molecule has 1 unspecified atom stereocenters. The third kappa shape index (κ3) is 5.68. The molecule has 0 aliphatic carbocycles. The van der Waals surface area contributed by atoms with E-state index in [1.165, 1.54) is 21.9 Å². The summed E-state index contributed by atoms with van der Waals surface area (Å²) in [6.07, 6.45) is 3.79. The van der Waals surface area contributed by atoms with Crippen LogP contribution in [0.3, 0.4) is 0 Å². The molecule has 38 heavy (non-hydrogen) atoms. The van der Waals surface area contributed by atoms with Crippen molar-refractivity contribution in [3.63, 3.8) is 0 Å². The number of H-pyrrole nitrogens is 1. The molecule has 1 aliphatic rings. The lowest BCUT2D eigenvalue weighted by atomic mass is 10.2. The first-order valence-corrected chi connectivity index (χ1v) is 17.4. The molecule has 0 spiro atoms. The molecular weight excluding hydrogens is 565 g/mol. The van der Waals surface area contributed by atoms with Gasteiger partial charge in [-0.05, 0) is 43.5 Å². The molecule has 0 bridgehead atoms. The molecule has 0 radical (unpaired) electrons. The quantitative estimate of drug-likeness (QED) is 0.259. The van der Waals surface area contributed by atoms with Crippen LogP contribution in [0.15, 0.2) is 52.2 Å². The molecule has 13 heteroatoms. The Kier molecular flexibility index (Phi) is 7.94. The number of thiophene rings is 1. The molecule has 204 valence electrons. The second-order valence-electron chi connectivity index (χ2n) is 9.24. The second-order valence-corrected chi connectivity index (χ2v) is 15.7. The number of sulfonamides is 1. The summed E-state index contributed by atoms with van der Waals surface area (Å²) in [5.41, 5.74) is 2.08. The molecule has 1 saturated heterocycles. The lowest BCUT2D eigenvalue weighted by Gasteiger charge is -2.24. The molecule has 1 fully saturated rings. The van der Waals surface area contributed by atoms with E-state index in [1.807, 2.05) is 31.3 Å². The van der Waals surface area contributed by atoms with E-state index in [1.54, 1.807) is 34.9 Å². The van der Waals surface area contributed by atoms with Gasteiger partial charge in [-0.2, -0.15) is 0 Å². The zero-order valence-corrected chi connectivity index (χ0v) is 24.4. The van der Waals surface area contributed by atoms with E-state index in [0.29, 0.717) is 37.3 Å². The molecule has 1 atom stereocenters. The minimum atomic E-state index is -3.77. The van der Waals surface area contributed by atoms with Crippen LogP contribution < -0.4 is 4.31 Å². The Morgan fingerprint density at radius 3 is 2.76 bits per heavy atom. The van der Waals surface area contributed by atoms with Crippen molar-refractivity contribution in [2.75, 3.05) is 43.4 Å². The average Bonchev–Trinajstić information content (AvgIpc) is 3.67. The van der Waals surface area contributed by atoms with Crippen LogP contribution in [-0.4, -0.2) is 76.1 Å². The second kappa shape index (κ2) is 11.1. The van der Waals surface area contributed by atoms with Crippen molar-refractivity contribution >= 4 is 59.1 Å². The van der Waals surface area contributed by atoms with Crippen LogP contribution in [0, 0.1) is 0 Å². The molecule has 1 aliphatic heterocycles. The topological polar surface area (TPSA) is 113 Å². The number of benzene rings is 1. The number of aromatic amines is 1. The number of likely N-dealkylation sites (tertiary alicyclic amines) is 1. The highest BCUT2D eigenvalue weighted by Gasteiger charge is 2.30. The highest BCUT2D eigenvalue weighted by atomic mass is 32.2. The lowest BCUT2D eigenvalue weighted by molar-refractivity contribution is 0.156. The average molecular weight is 595 g/mol. The Balaban J connectivity index is 1.43. The van der Waals surface area contributed by atoms with Gasteiger partial charge in [-0.1, -0.05) is 18.2 Å². The first-order valence-electron chi connectivity index (χ1n) is 12.3. The normalized spacial score (nSPS) is 16.9. The number of anilines is 1. The van der Waals surface area contributed by atoms with E-state index >= 15 is 0 Å². The first-order chi connectivity index (χ1) is 18.2. The molecule has 1 N–H and O–H groups in total. The van der Waals surface area contributed by atoms with Gasteiger partial charge in [-0.25, -0.2) is 21.8 Å². The van der Waals surface area contributed by atoms with Crippen molar-refractivity contribution in [2.45, 2.75) is 29.3 Å². The van der Waals surface area contributed by atoms with Crippen LogP contribution in [0.4, 0.5) is 5.69 Å². The zero-order valence-electron chi connectivity index (χ0n) is 21.2. The van der Waals surface area contributed by atoms with Gasteiger partial charge in [0.1, 0.15) is 9.22 Å². The number of hydrogen-bond donors (Lipinski definition) is 1. The molecule has 3 aromatic heterocycles. The van der Waals surface area contributed by atoms with E-state index in [0.717, 1.165) is 27.5 Å². The number of hydrogen-bond acceptors (Lipinski definition) is 9. The summed E-state index contributed by atoms with van der Waals surface area (Å²) < 4.78 is 58.1. The third-order valence-electron chi connectivity index (χ3n) is 6.58. The highest BCUT2D eigenvalue weighted by molar-refractivity contribution is 7.94. The molecule has 4 heterocycles. The van der Waals surface area contributed by atoms with Crippen LogP contribution in [0.2, 0.25) is 0 Å². The number of rotatable bonds is 11. The fraction of sp³-hybridized carbons (Fsp3) is 0.400. The number of nitrogens with zero attached hydrogens (tertiary/aromatic N) is 3. The maximum absolute atomic E-state index is 13.6. The number of para-hydroxylation sites is 1. The summed E-state index contributed by atoms with van der Waals surface area (Å²) in [5.74, 6) is 0. The van der Waals surface area contributed by atoms with Gasteiger partial charge in [0.05, 0.1) is 35.3 Å². The Hall–Kier alpha value is -2.29. The van der Waals surface area contributed by atoms with Gasteiger partial charge in [-0.15, -0.1) is 22.7 Å². The summed E-state index contributed by atoms with van der Waals surface area (Å²) in [6, 6.07) is 10.9. The van der Waals surface area contributed by atoms with Crippen molar-refractivity contribution < 1.29 is 21.6 Å². The molecule has 5 rings (SSSR count). The monoisotopic (exact) mass is 594 g/mol. The van der Waals surface area contributed by atoms with Crippen LogP contribution in [0.5, 0.6) is 0 Å². The van der Waals surface area contributed by atoms with Gasteiger partial charge in [-0.3, -0.25) is 9.21 Å². The number of ether oxygens (including phenoxy) is 1. The number of thiazole rings is 1. The molecule has 4 aromatic rings. The maximum atomic E-state index is 13.6. The largest absolute Gasteiger partial charge is 0.380 e. The molecule has 0 amide bonds. The molecule has 0 saturated carbocycles. The van der Waals surface area contributed by atoms with E-state index < -0.39 is 19.9 Å². The third-order valence-corrected chi connectivity index (χ3v) is 12.4. The lowest BCUT2D eigenvalue weighted by Crippen LogP contribution is -2.34. The Morgan fingerprint density at radius 1 is 1.21 bits per heavy atom. The van der Waals surface area contributed by atoms with Crippen LogP contribution in [0.1, 0.15) is 18.2 Å². The van der Waals surface area contributed by atoms with Crippen molar-refractivity contribution in [3.05, 3.63) is 52.9 Å². The number of nitrogens with one attached hydrogen (secondary N) is 1. The van der Waals surface area contributed by atoms with Gasteiger partial charge < -0.3 is 9.72 Å². The standard InChI is InChI=1S/C25H30N4O5S4/c1-3-34-12-11-29(38(32,33)23-8-5-13-35-23)22-7-4-6-18-14-21(27-24(18)22)25-26-15-19(36-25)16-28-10-9-20(17-28)37(2,30)31/h4-8,13-15,20,27H,3,9-12,16-17H2,1-2H3. The van der Waals surface area contributed by atoms with Gasteiger partial charge in [0.25, 0.3) is 10.0 Å². The highest BCUT2D eigenvalue weighted by Crippen LogP contribution is 2.35. The summed E-state index contributed by atoms with van der Waals surface area (Å²) in [6.45, 7) is 4.79. The Bertz CT molecular complexity index is 1610. The minimum absolute atomic E-state index is 0.188. The molecular formula is C25H30N4O5S4. The Labute approximate surface area is 231 Å². The van der Waals surface area contributed by atoms with Gasteiger partial charge in [0, 0.05) is 42.4 Å². The van der Waals surface area contributed by atoms with Crippen molar-refractivity contribution in [2.24, 2.45) is 0 Å². The van der Waals surface area contributed by atoms with Crippen molar-refractivity contribution in [1.29, 1.82) is 0 Å². The maximum Gasteiger partial charge on any atom is 0.273 e. The van der Waals surface area contributed by atoms with Crippen LogP contribution in [-0.2, 0) is 31.1 Å². The fourth-order valence-corrected chi connectivity index (χ4v) is 9.17. The summed E-state index contributed by atoms with van der Waals surface area (Å²) in [7, 11) is -6.81. The van der Waals surface area contributed by atoms with Crippen molar-refractivity contribution in [1.82, 2.24) is 14.9 Å². The van der Waals surface area contributed by atoms with E-state index in [2.05, 4.69) is 14.9 Å². The smallest absolute Gasteiger partial charge is 0.273 e. The molecule has 1 aromatic carbocycles. The first kappa shape index (κ1) is 27.3. The predicted molar refractivity (Wildman–Crippen MR) is 153 cm³/mol. The molecule has 9 nitrogen and oxygen atoms in total. The number of fused-ring (bicyclic) bond motifs is 1. The summed E-state index contributed by atoms with van der Waals surface area (Å²) >= 11 is 2.74. The van der Waals surface area contributed by atoms with Crippen LogP contribution >= 0.6 is 22.7 Å². The van der Waals surface area contributed by atoms with E-state index in [4.69, 9.17) is 4.74 Å². The summed E-state index contributed by atoms with van der Waals surface area (Å²) in [5, 5.41) is 3.12.